The molecule has 1 aromatic carbocycles. The third-order valence-electron chi connectivity index (χ3n) is 4.66. The maximum absolute atomic E-state index is 12.4. The third-order valence-corrected chi connectivity index (χ3v) is 4.66. The van der Waals surface area contributed by atoms with Gasteiger partial charge in [-0.15, -0.1) is 0 Å². The minimum Gasteiger partial charge on any atom is -0.480 e. The first-order valence-corrected chi connectivity index (χ1v) is 8.19. The number of carbonyl (C=O) groups excluding carboxylic acids is 2. The van der Waals surface area contributed by atoms with E-state index in [0.717, 1.165) is 5.56 Å². The van der Waals surface area contributed by atoms with Crippen molar-refractivity contribution in [3.05, 3.63) is 35.9 Å². The minimum atomic E-state index is -0.979. The molecule has 0 aliphatic carbocycles. The van der Waals surface area contributed by atoms with Crippen molar-refractivity contribution in [2.75, 3.05) is 19.6 Å². The Morgan fingerprint density at radius 2 is 1.92 bits per heavy atom. The highest BCUT2D eigenvalue weighted by atomic mass is 16.4. The zero-order valence-corrected chi connectivity index (χ0v) is 13.4. The molecule has 2 aliphatic heterocycles. The largest absolute Gasteiger partial charge is 0.480 e. The second kappa shape index (κ2) is 6.90. The molecule has 7 nitrogen and oxygen atoms in total. The zero-order chi connectivity index (χ0) is 17.1. The molecule has 0 radical (unpaired) electrons. The van der Waals surface area contributed by atoms with Gasteiger partial charge in [0, 0.05) is 13.1 Å². The average Bonchev–Trinajstić information content (AvgIpc) is 3.07. The van der Waals surface area contributed by atoms with Gasteiger partial charge in [0.1, 0.15) is 12.6 Å². The lowest BCUT2D eigenvalue weighted by Crippen LogP contribution is -2.53. The number of nitrogens with zero attached hydrogens (tertiary/aromatic N) is 2. The molecule has 3 rings (SSSR count). The van der Waals surface area contributed by atoms with E-state index in [1.165, 1.54) is 9.80 Å². The number of hydrogen-bond donors (Lipinski definition) is 2. The number of aliphatic carboxylic acids is 1. The van der Waals surface area contributed by atoms with Gasteiger partial charge in [-0.05, 0) is 24.8 Å². The molecule has 0 spiro atoms. The molecule has 3 amide bonds. The van der Waals surface area contributed by atoms with E-state index in [0.29, 0.717) is 32.4 Å². The van der Waals surface area contributed by atoms with Crippen LogP contribution in [0.3, 0.4) is 0 Å². The van der Waals surface area contributed by atoms with Crippen molar-refractivity contribution in [2.24, 2.45) is 0 Å². The summed E-state index contributed by atoms with van der Waals surface area (Å²) in [5.74, 6) is -1.28. The third kappa shape index (κ3) is 3.34. The van der Waals surface area contributed by atoms with Crippen molar-refractivity contribution in [2.45, 2.75) is 31.3 Å². The van der Waals surface area contributed by atoms with Gasteiger partial charge in [-0.2, -0.15) is 0 Å². The van der Waals surface area contributed by atoms with Crippen molar-refractivity contribution < 1.29 is 19.5 Å². The van der Waals surface area contributed by atoms with Gasteiger partial charge in [0.25, 0.3) is 0 Å². The van der Waals surface area contributed by atoms with E-state index in [4.69, 9.17) is 5.11 Å². The van der Waals surface area contributed by atoms with Gasteiger partial charge in [0.05, 0.1) is 6.04 Å². The van der Waals surface area contributed by atoms with Crippen molar-refractivity contribution in [1.29, 1.82) is 0 Å². The van der Waals surface area contributed by atoms with Crippen LogP contribution < -0.4 is 5.32 Å². The molecule has 2 atom stereocenters. The molecule has 128 valence electrons. The molecule has 2 fully saturated rings. The van der Waals surface area contributed by atoms with Crippen LogP contribution in [0, 0.1) is 0 Å². The fourth-order valence-electron chi connectivity index (χ4n) is 3.36. The van der Waals surface area contributed by atoms with Crippen LogP contribution in [0.25, 0.3) is 0 Å². The fourth-order valence-corrected chi connectivity index (χ4v) is 3.36. The van der Waals surface area contributed by atoms with Crippen molar-refractivity contribution in [1.82, 2.24) is 15.1 Å². The van der Waals surface area contributed by atoms with Gasteiger partial charge in [-0.3, -0.25) is 4.79 Å². The second-order valence-electron chi connectivity index (χ2n) is 6.21. The average molecular weight is 331 g/mol. The molecular formula is C17H21N3O4. The van der Waals surface area contributed by atoms with Crippen LogP contribution in [0.15, 0.2) is 30.3 Å². The summed E-state index contributed by atoms with van der Waals surface area (Å²) in [5, 5.41) is 12.1. The van der Waals surface area contributed by atoms with Gasteiger partial charge in [-0.1, -0.05) is 30.3 Å². The number of carboxylic acid groups (broad SMARTS) is 1. The summed E-state index contributed by atoms with van der Waals surface area (Å²) in [5.41, 5.74) is 1.04. The number of urea groups is 1. The molecule has 2 unspecified atom stereocenters. The molecule has 2 aliphatic rings. The van der Waals surface area contributed by atoms with Crippen LogP contribution in [0.4, 0.5) is 4.79 Å². The van der Waals surface area contributed by atoms with Crippen LogP contribution in [0.5, 0.6) is 0 Å². The summed E-state index contributed by atoms with van der Waals surface area (Å²) in [6.45, 7) is 0.845. The first-order chi connectivity index (χ1) is 11.6. The Morgan fingerprint density at radius 1 is 1.17 bits per heavy atom. The molecule has 2 heterocycles. The molecule has 2 saturated heterocycles. The van der Waals surface area contributed by atoms with Crippen molar-refractivity contribution >= 4 is 17.9 Å². The Hall–Kier alpha value is -2.57. The molecule has 0 bridgehead atoms. The van der Waals surface area contributed by atoms with E-state index in [1.807, 2.05) is 30.3 Å². The van der Waals surface area contributed by atoms with Crippen molar-refractivity contribution in [3.63, 3.8) is 0 Å². The summed E-state index contributed by atoms with van der Waals surface area (Å²) in [4.78, 5) is 38.7. The first kappa shape index (κ1) is 16.3. The van der Waals surface area contributed by atoms with Gasteiger partial charge >= 0.3 is 12.0 Å². The number of amides is 3. The summed E-state index contributed by atoms with van der Waals surface area (Å²) in [7, 11) is 0. The number of hydrogen-bond acceptors (Lipinski definition) is 3. The maximum Gasteiger partial charge on any atom is 0.326 e. The number of nitrogens with one attached hydrogen (secondary N) is 1. The van der Waals surface area contributed by atoms with E-state index in [1.54, 1.807) is 0 Å². The molecule has 7 heteroatoms. The van der Waals surface area contributed by atoms with Crippen LogP contribution in [-0.2, 0) is 9.59 Å². The highest BCUT2D eigenvalue weighted by Gasteiger charge is 2.36. The lowest BCUT2D eigenvalue weighted by molar-refractivity contribution is -0.148. The second-order valence-corrected chi connectivity index (χ2v) is 6.21. The maximum atomic E-state index is 12.4. The standard InChI is InChI=1S/C17H21N3O4/c21-15(20-9-4-7-14(20)16(22)23)11-19-10-8-13(18-17(19)24)12-5-2-1-3-6-12/h1-3,5-6,13-14H,4,7-11H2,(H,18,24)(H,22,23). The molecule has 1 aromatic rings. The summed E-state index contributed by atoms with van der Waals surface area (Å²) >= 11 is 0. The van der Waals surface area contributed by atoms with Gasteiger partial charge in [-0.25, -0.2) is 9.59 Å². The Balaban J connectivity index is 1.58. The molecule has 0 aromatic heterocycles. The van der Waals surface area contributed by atoms with Crippen LogP contribution >= 0.6 is 0 Å². The number of carbonyl (C=O) groups is 3. The molecule has 24 heavy (non-hydrogen) atoms. The molecular weight excluding hydrogens is 310 g/mol. The van der Waals surface area contributed by atoms with E-state index in [9.17, 15) is 14.4 Å². The normalized spacial score (nSPS) is 23.9. The Morgan fingerprint density at radius 3 is 2.58 bits per heavy atom. The van der Waals surface area contributed by atoms with Gasteiger partial charge in [0.15, 0.2) is 0 Å². The summed E-state index contributed by atoms with van der Waals surface area (Å²) < 4.78 is 0. The molecule has 0 saturated carbocycles. The van der Waals surface area contributed by atoms with Crippen LogP contribution in [-0.4, -0.2) is 58.5 Å². The quantitative estimate of drug-likeness (QED) is 0.868. The van der Waals surface area contributed by atoms with E-state index in [2.05, 4.69) is 5.32 Å². The Labute approximate surface area is 140 Å². The SMILES string of the molecule is O=C(O)C1CCCN1C(=O)CN1CCC(c2ccccc2)NC1=O. The van der Waals surface area contributed by atoms with E-state index >= 15 is 0 Å². The lowest BCUT2D eigenvalue weighted by Gasteiger charge is -2.34. The predicted molar refractivity (Wildman–Crippen MR) is 86.3 cm³/mol. The Kier molecular flexibility index (Phi) is 4.69. The van der Waals surface area contributed by atoms with Crippen LogP contribution in [0.2, 0.25) is 0 Å². The topological polar surface area (TPSA) is 89.9 Å². The highest BCUT2D eigenvalue weighted by molar-refractivity contribution is 5.88. The van der Waals surface area contributed by atoms with E-state index < -0.39 is 12.0 Å². The number of benzene rings is 1. The predicted octanol–water partition coefficient (Wildman–Crippen LogP) is 1.22. The van der Waals surface area contributed by atoms with Crippen LogP contribution in [0.1, 0.15) is 30.9 Å². The minimum absolute atomic E-state index is 0.0522. The highest BCUT2D eigenvalue weighted by Crippen LogP contribution is 2.22. The number of rotatable bonds is 4. The number of likely N-dealkylation sites (tertiary alicyclic amines) is 1. The van der Waals surface area contributed by atoms with E-state index in [-0.39, 0.29) is 24.5 Å². The van der Waals surface area contributed by atoms with Gasteiger partial charge in [0.2, 0.25) is 5.91 Å². The Bertz CT molecular complexity index is 634. The summed E-state index contributed by atoms with van der Waals surface area (Å²) in [6, 6.07) is 8.61. The van der Waals surface area contributed by atoms with Gasteiger partial charge < -0.3 is 20.2 Å². The fraction of sp³-hybridized carbons (Fsp3) is 0.471. The van der Waals surface area contributed by atoms with Crippen molar-refractivity contribution in [3.8, 4) is 0 Å². The summed E-state index contributed by atoms with van der Waals surface area (Å²) in [6.07, 6.45) is 1.87. The smallest absolute Gasteiger partial charge is 0.326 e. The monoisotopic (exact) mass is 331 g/mol. The lowest BCUT2D eigenvalue weighted by atomic mass is 10.0. The zero-order valence-electron chi connectivity index (χ0n) is 13.4. The first-order valence-electron chi connectivity index (χ1n) is 8.19. The number of carboxylic acids is 1. The molecule has 2 N–H and O–H groups in total.